The summed E-state index contributed by atoms with van der Waals surface area (Å²) in [7, 11) is 0. The van der Waals surface area contributed by atoms with Gasteiger partial charge >= 0.3 is 0 Å². The van der Waals surface area contributed by atoms with Crippen molar-refractivity contribution in [2.45, 2.75) is 58.4 Å². The fourth-order valence-corrected chi connectivity index (χ4v) is 2.78. The molecule has 1 amide bonds. The van der Waals surface area contributed by atoms with Gasteiger partial charge < -0.3 is 10.2 Å². The maximum Gasteiger partial charge on any atom is 0.219 e. The summed E-state index contributed by atoms with van der Waals surface area (Å²) in [5.74, 6) is 0.169. The number of rotatable bonds is 3. The van der Waals surface area contributed by atoms with E-state index in [0.29, 0.717) is 12.5 Å². The number of nitrogens with one attached hydrogen (secondary N) is 1. The Morgan fingerprint density at radius 2 is 1.76 bits per heavy atom. The fourth-order valence-electron chi connectivity index (χ4n) is 2.78. The van der Waals surface area contributed by atoms with Crippen molar-refractivity contribution in [3.05, 3.63) is 29.8 Å². The quantitative estimate of drug-likeness (QED) is 0.923. The van der Waals surface area contributed by atoms with Crippen molar-refractivity contribution < 1.29 is 4.79 Å². The van der Waals surface area contributed by atoms with Crippen molar-refractivity contribution in [3.8, 4) is 0 Å². The topological polar surface area (TPSA) is 32.3 Å². The number of nitrogens with zero attached hydrogens (tertiary/aromatic N) is 1. The first-order chi connectivity index (χ1) is 9.90. The number of anilines is 1. The normalized spacial score (nSPS) is 16.9. The zero-order chi connectivity index (χ0) is 15.5. The van der Waals surface area contributed by atoms with E-state index in [9.17, 15) is 4.79 Å². The van der Waals surface area contributed by atoms with Crippen molar-refractivity contribution in [3.63, 3.8) is 0 Å². The Hall–Kier alpha value is -1.51. The second-order valence-corrected chi connectivity index (χ2v) is 6.98. The first-order valence-corrected chi connectivity index (χ1v) is 8.05. The predicted octanol–water partition coefficient (Wildman–Crippen LogP) is 3.48. The number of hydrogen-bond donors (Lipinski definition) is 1. The highest BCUT2D eigenvalue weighted by atomic mass is 16.1. The van der Waals surface area contributed by atoms with E-state index < -0.39 is 0 Å². The molecule has 0 spiro atoms. The van der Waals surface area contributed by atoms with Gasteiger partial charge in [-0.25, -0.2) is 0 Å². The van der Waals surface area contributed by atoms with Crippen LogP contribution >= 0.6 is 0 Å². The summed E-state index contributed by atoms with van der Waals surface area (Å²) in [4.78, 5) is 13.9. The van der Waals surface area contributed by atoms with Crippen LogP contribution in [0.15, 0.2) is 24.3 Å². The average Bonchev–Trinajstić information content (AvgIpc) is 2.47. The van der Waals surface area contributed by atoms with Gasteiger partial charge in [-0.15, -0.1) is 0 Å². The molecule has 1 heterocycles. The van der Waals surface area contributed by atoms with Crippen LogP contribution in [0.3, 0.4) is 0 Å². The third-order valence-corrected chi connectivity index (χ3v) is 4.28. The smallest absolute Gasteiger partial charge is 0.219 e. The molecule has 1 aliphatic heterocycles. The lowest BCUT2D eigenvalue weighted by Gasteiger charge is -2.34. The van der Waals surface area contributed by atoms with E-state index in [-0.39, 0.29) is 11.3 Å². The Morgan fingerprint density at radius 1 is 1.19 bits per heavy atom. The Morgan fingerprint density at radius 3 is 2.24 bits per heavy atom. The largest absolute Gasteiger partial charge is 0.371 e. The van der Waals surface area contributed by atoms with E-state index in [2.05, 4.69) is 55.3 Å². The molecule has 3 nitrogen and oxygen atoms in total. The molecule has 3 heteroatoms. The number of carbonyl (C=O) groups is 1. The van der Waals surface area contributed by atoms with Gasteiger partial charge in [-0.3, -0.25) is 4.79 Å². The summed E-state index contributed by atoms with van der Waals surface area (Å²) in [5.41, 5.74) is 2.87. The van der Waals surface area contributed by atoms with E-state index in [1.807, 2.05) is 6.92 Å². The van der Waals surface area contributed by atoms with Crippen molar-refractivity contribution in [2.75, 3.05) is 18.0 Å². The fraction of sp³-hybridized carbons (Fsp3) is 0.611. The van der Waals surface area contributed by atoms with Crippen LogP contribution in [0, 0.1) is 0 Å². The number of hydrogen-bond acceptors (Lipinski definition) is 2. The molecular weight excluding hydrogens is 260 g/mol. The summed E-state index contributed by atoms with van der Waals surface area (Å²) < 4.78 is 0. The van der Waals surface area contributed by atoms with Crippen molar-refractivity contribution >= 4 is 11.6 Å². The molecule has 0 aromatic heterocycles. The molecule has 0 aliphatic carbocycles. The van der Waals surface area contributed by atoms with Crippen LogP contribution in [0.4, 0.5) is 5.69 Å². The first-order valence-electron chi connectivity index (χ1n) is 8.05. The second kappa shape index (κ2) is 6.50. The minimum absolute atomic E-state index is 0.169. The van der Waals surface area contributed by atoms with Gasteiger partial charge in [0.2, 0.25) is 5.91 Å². The highest BCUT2D eigenvalue weighted by Gasteiger charge is 2.21. The number of amides is 1. The molecule has 0 atom stereocenters. The van der Waals surface area contributed by atoms with Crippen LogP contribution in [0.1, 0.15) is 52.5 Å². The molecule has 1 N–H and O–H groups in total. The lowest BCUT2D eigenvalue weighted by molar-refractivity contribution is -0.121. The van der Waals surface area contributed by atoms with E-state index in [1.54, 1.807) is 0 Å². The van der Waals surface area contributed by atoms with Gasteiger partial charge in [-0.2, -0.15) is 0 Å². The van der Waals surface area contributed by atoms with Gasteiger partial charge in [0.1, 0.15) is 0 Å². The molecular formula is C18H28N2O. The number of piperidine rings is 1. The van der Waals surface area contributed by atoms with Crippen LogP contribution in [0.25, 0.3) is 0 Å². The molecule has 0 radical (unpaired) electrons. The molecule has 1 aliphatic rings. The van der Waals surface area contributed by atoms with Gasteiger partial charge in [0, 0.05) is 31.2 Å². The number of carbonyl (C=O) groups excluding carboxylic acids is 1. The van der Waals surface area contributed by atoms with Gasteiger partial charge in [0.05, 0.1) is 0 Å². The van der Waals surface area contributed by atoms with E-state index in [1.165, 1.54) is 11.3 Å². The molecule has 21 heavy (non-hydrogen) atoms. The lowest BCUT2D eigenvalue weighted by Crippen LogP contribution is -2.44. The SMILES string of the molecule is CCC(=O)NC1CCN(c2ccc(C(C)(C)C)cc2)CC1. The Kier molecular flexibility index (Phi) is 4.92. The molecule has 1 fully saturated rings. The standard InChI is InChI=1S/C18H28N2O/c1-5-17(21)19-15-10-12-20(13-11-15)16-8-6-14(7-9-16)18(2,3)4/h6-9,15H,5,10-13H2,1-4H3,(H,19,21). The Bertz CT molecular complexity index is 465. The summed E-state index contributed by atoms with van der Waals surface area (Å²) in [6.07, 6.45) is 2.65. The van der Waals surface area contributed by atoms with Crippen molar-refractivity contribution in [2.24, 2.45) is 0 Å². The molecule has 0 saturated carbocycles. The van der Waals surface area contributed by atoms with Crippen LogP contribution < -0.4 is 10.2 Å². The Balaban J connectivity index is 1.92. The minimum Gasteiger partial charge on any atom is -0.371 e. The van der Waals surface area contributed by atoms with Gasteiger partial charge in [-0.05, 0) is 36.0 Å². The molecule has 1 aromatic rings. The monoisotopic (exact) mass is 288 g/mol. The molecule has 2 rings (SSSR count). The van der Waals surface area contributed by atoms with Gasteiger partial charge in [-0.1, -0.05) is 39.8 Å². The summed E-state index contributed by atoms with van der Waals surface area (Å²) >= 11 is 0. The zero-order valence-corrected chi connectivity index (χ0v) is 13.8. The maximum absolute atomic E-state index is 11.4. The van der Waals surface area contributed by atoms with Crippen LogP contribution in [-0.4, -0.2) is 25.0 Å². The van der Waals surface area contributed by atoms with E-state index in [4.69, 9.17) is 0 Å². The van der Waals surface area contributed by atoms with Gasteiger partial charge in [0.25, 0.3) is 0 Å². The summed E-state index contributed by atoms with van der Waals surface area (Å²) in [6.45, 7) is 10.7. The van der Waals surface area contributed by atoms with E-state index in [0.717, 1.165) is 25.9 Å². The molecule has 116 valence electrons. The molecule has 0 bridgehead atoms. The zero-order valence-electron chi connectivity index (χ0n) is 13.8. The molecule has 1 saturated heterocycles. The minimum atomic E-state index is 0.169. The third-order valence-electron chi connectivity index (χ3n) is 4.28. The second-order valence-electron chi connectivity index (χ2n) is 6.98. The van der Waals surface area contributed by atoms with Crippen molar-refractivity contribution in [1.29, 1.82) is 0 Å². The van der Waals surface area contributed by atoms with Gasteiger partial charge in [0.15, 0.2) is 0 Å². The Labute approximate surface area is 128 Å². The maximum atomic E-state index is 11.4. The molecule has 1 aromatic carbocycles. The summed E-state index contributed by atoms with van der Waals surface area (Å²) in [6, 6.07) is 9.28. The van der Waals surface area contributed by atoms with Crippen LogP contribution in [0.2, 0.25) is 0 Å². The number of benzene rings is 1. The van der Waals surface area contributed by atoms with Crippen molar-refractivity contribution in [1.82, 2.24) is 5.32 Å². The average molecular weight is 288 g/mol. The highest BCUT2D eigenvalue weighted by Crippen LogP contribution is 2.26. The third kappa shape index (κ3) is 4.23. The first kappa shape index (κ1) is 15.9. The lowest BCUT2D eigenvalue weighted by atomic mass is 9.87. The summed E-state index contributed by atoms with van der Waals surface area (Å²) in [5, 5.41) is 3.10. The van der Waals surface area contributed by atoms with E-state index >= 15 is 0 Å². The molecule has 0 unspecified atom stereocenters. The predicted molar refractivity (Wildman–Crippen MR) is 88.8 cm³/mol. The van der Waals surface area contributed by atoms with Crippen LogP contribution in [-0.2, 0) is 10.2 Å². The van der Waals surface area contributed by atoms with Crippen LogP contribution in [0.5, 0.6) is 0 Å². The highest BCUT2D eigenvalue weighted by molar-refractivity contribution is 5.75.